The van der Waals surface area contributed by atoms with Crippen LogP contribution in [0.2, 0.25) is 0 Å². The van der Waals surface area contributed by atoms with Crippen molar-refractivity contribution in [2.45, 2.75) is 52.2 Å². The molecule has 1 aliphatic rings. The fourth-order valence-corrected chi connectivity index (χ4v) is 3.49. The fourth-order valence-electron chi connectivity index (χ4n) is 3.49. The van der Waals surface area contributed by atoms with Crippen molar-refractivity contribution in [3.8, 4) is 0 Å². The molecule has 0 aliphatic carbocycles. The fraction of sp³-hybridized carbons (Fsp3) is 0.364. The summed E-state index contributed by atoms with van der Waals surface area (Å²) < 4.78 is 5.74. The number of amides is 1. The van der Waals surface area contributed by atoms with Crippen LogP contribution < -0.4 is 4.90 Å². The second kappa shape index (κ2) is 7.73. The minimum atomic E-state index is -0.307. The Kier molecular flexibility index (Phi) is 5.40. The number of carbonyl (C=O) groups excluding carboxylic acids is 2. The molecule has 1 aliphatic heterocycles. The molecule has 3 rings (SSSR count). The van der Waals surface area contributed by atoms with Crippen LogP contribution in [0, 0.1) is 6.92 Å². The maximum Gasteiger partial charge on any atom is 0.306 e. The molecule has 2 aromatic rings. The standard InChI is InChI=1S/C22H25NO3/c1-4-8-21(24)26-20-14-16(3)23(19-12-11-15(2)13-18(19)20)22(25)17-9-6-5-7-10-17/h5-7,9-13,16,20H,4,8,14H2,1-3H3/t16-,20+/m0/s1. The highest BCUT2D eigenvalue weighted by molar-refractivity contribution is 6.07. The van der Waals surface area contributed by atoms with Crippen molar-refractivity contribution >= 4 is 17.6 Å². The Balaban J connectivity index is 1.98. The van der Waals surface area contributed by atoms with Crippen LogP contribution in [0.5, 0.6) is 0 Å². The predicted molar refractivity (Wildman–Crippen MR) is 102 cm³/mol. The van der Waals surface area contributed by atoms with E-state index in [9.17, 15) is 9.59 Å². The van der Waals surface area contributed by atoms with Crippen LogP contribution >= 0.6 is 0 Å². The second-order valence-electron chi connectivity index (χ2n) is 6.92. The lowest BCUT2D eigenvalue weighted by Crippen LogP contribution is -2.44. The maximum atomic E-state index is 13.1. The SMILES string of the molecule is CCCC(=O)O[C@@H]1C[C@H](C)N(C(=O)c2ccccc2)c2ccc(C)cc21. The Labute approximate surface area is 154 Å². The van der Waals surface area contributed by atoms with Gasteiger partial charge >= 0.3 is 5.97 Å². The van der Waals surface area contributed by atoms with Gasteiger partial charge in [0.2, 0.25) is 0 Å². The molecule has 0 saturated carbocycles. The molecule has 0 saturated heterocycles. The van der Waals surface area contributed by atoms with Crippen LogP contribution in [0.3, 0.4) is 0 Å². The number of anilines is 1. The summed E-state index contributed by atoms with van der Waals surface area (Å²) in [4.78, 5) is 27.0. The molecule has 0 N–H and O–H groups in total. The molecule has 1 amide bonds. The Morgan fingerprint density at radius 3 is 2.58 bits per heavy atom. The van der Waals surface area contributed by atoms with E-state index in [1.54, 1.807) is 0 Å². The molecule has 1 heterocycles. The zero-order valence-electron chi connectivity index (χ0n) is 15.6. The Hall–Kier alpha value is -2.62. The van der Waals surface area contributed by atoms with Crippen molar-refractivity contribution in [3.05, 3.63) is 65.2 Å². The number of nitrogens with zero attached hydrogens (tertiary/aromatic N) is 1. The van der Waals surface area contributed by atoms with Gasteiger partial charge in [0, 0.05) is 30.0 Å². The van der Waals surface area contributed by atoms with Gasteiger partial charge in [0.25, 0.3) is 5.91 Å². The first kappa shape index (κ1) is 18.2. The predicted octanol–water partition coefficient (Wildman–Crippen LogP) is 4.82. The lowest BCUT2D eigenvalue weighted by atomic mass is 9.91. The smallest absolute Gasteiger partial charge is 0.306 e. The number of rotatable bonds is 4. The second-order valence-corrected chi connectivity index (χ2v) is 6.92. The Bertz CT molecular complexity index is 800. The van der Waals surface area contributed by atoms with E-state index in [4.69, 9.17) is 4.74 Å². The van der Waals surface area contributed by atoms with E-state index in [1.165, 1.54) is 0 Å². The zero-order valence-corrected chi connectivity index (χ0v) is 15.6. The van der Waals surface area contributed by atoms with Crippen molar-refractivity contribution < 1.29 is 14.3 Å². The maximum absolute atomic E-state index is 13.1. The minimum Gasteiger partial charge on any atom is -0.457 e. The molecule has 0 spiro atoms. The van der Waals surface area contributed by atoms with Crippen molar-refractivity contribution in [1.29, 1.82) is 0 Å². The third kappa shape index (κ3) is 3.64. The van der Waals surface area contributed by atoms with Gasteiger partial charge in [0.15, 0.2) is 0 Å². The summed E-state index contributed by atoms with van der Waals surface area (Å²) in [5.41, 5.74) is 3.49. The van der Waals surface area contributed by atoms with Gasteiger partial charge in [-0.3, -0.25) is 9.59 Å². The van der Waals surface area contributed by atoms with Gasteiger partial charge in [-0.1, -0.05) is 42.8 Å². The van der Waals surface area contributed by atoms with E-state index in [0.717, 1.165) is 23.2 Å². The number of esters is 1. The lowest BCUT2D eigenvalue weighted by molar-refractivity contribution is -0.150. The summed E-state index contributed by atoms with van der Waals surface area (Å²) in [7, 11) is 0. The molecule has 26 heavy (non-hydrogen) atoms. The highest BCUT2D eigenvalue weighted by Gasteiger charge is 2.35. The molecular formula is C22H25NO3. The van der Waals surface area contributed by atoms with E-state index >= 15 is 0 Å². The van der Waals surface area contributed by atoms with Gasteiger partial charge in [-0.05, 0) is 38.5 Å². The third-order valence-electron chi connectivity index (χ3n) is 4.75. The van der Waals surface area contributed by atoms with Crippen molar-refractivity contribution in [1.82, 2.24) is 0 Å². The molecule has 4 heteroatoms. The van der Waals surface area contributed by atoms with E-state index in [2.05, 4.69) is 0 Å². The number of hydrogen-bond donors (Lipinski definition) is 0. The average Bonchev–Trinajstić information content (AvgIpc) is 2.63. The largest absolute Gasteiger partial charge is 0.457 e. The van der Waals surface area contributed by atoms with Gasteiger partial charge in [-0.15, -0.1) is 0 Å². The highest BCUT2D eigenvalue weighted by Crippen LogP contribution is 2.40. The molecule has 0 bridgehead atoms. The topological polar surface area (TPSA) is 46.6 Å². The number of aryl methyl sites for hydroxylation is 1. The van der Waals surface area contributed by atoms with Crippen LogP contribution in [0.15, 0.2) is 48.5 Å². The molecule has 2 aromatic carbocycles. The van der Waals surface area contributed by atoms with E-state index in [0.29, 0.717) is 18.4 Å². The summed E-state index contributed by atoms with van der Waals surface area (Å²) in [6, 6.07) is 15.2. The number of fused-ring (bicyclic) bond motifs is 1. The summed E-state index contributed by atoms with van der Waals surface area (Å²) in [6.07, 6.45) is 1.47. The first-order chi connectivity index (χ1) is 12.5. The molecule has 0 fully saturated rings. The summed E-state index contributed by atoms with van der Waals surface area (Å²) in [5.74, 6) is -0.207. The number of ether oxygens (including phenoxy) is 1. The quantitative estimate of drug-likeness (QED) is 0.742. The molecular weight excluding hydrogens is 326 g/mol. The number of benzene rings is 2. The lowest BCUT2D eigenvalue weighted by Gasteiger charge is -2.39. The van der Waals surface area contributed by atoms with Gasteiger partial charge in [-0.2, -0.15) is 0 Å². The summed E-state index contributed by atoms with van der Waals surface area (Å²) in [6.45, 7) is 5.97. The van der Waals surface area contributed by atoms with Crippen LogP contribution in [0.4, 0.5) is 5.69 Å². The van der Waals surface area contributed by atoms with Gasteiger partial charge in [0.05, 0.1) is 5.69 Å². The van der Waals surface area contributed by atoms with E-state index in [-0.39, 0.29) is 24.0 Å². The minimum absolute atomic E-state index is 0.0264. The molecule has 0 aromatic heterocycles. The molecule has 0 radical (unpaired) electrons. The monoisotopic (exact) mass is 351 g/mol. The van der Waals surface area contributed by atoms with Gasteiger partial charge < -0.3 is 9.64 Å². The summed E-state index contributed by atoms with van der Waals surface area (Å²) >= 11 is 0. The van der Waals surface area contributed by atoms with E-state index < -0.39 is 0 Å². The average molecular weight is 351 g/mol. The third-order valence-corrected chi connectivity index (χ3v) is 4.75. The molecule has 0 unspecified atom stereocenters. The van der Waals surface area contributed by atoms with Crippen molar-refractivity contribution in [3.63, 3.8) is 0 Å². The van der Waals surface area contributed by atoms with Crippen LogP contribution in [0.1, 0.15) is 60.7 Å². The van der Waals surface area contributed by atoms with Gasteiger partial charge in [-0.25, -0.2) is 0 Å². The van der Waals surface area contributed by atoms with Crippen LogP contribution in [-0.2, 0) is 9.53 Å². The first-order valence-electron chi connectivity index (χ1n) is 9.20. The Morgan fingerprint density at radius 1 is 1.15 bits per heavy atom. The first-order valence-corrected chi connectivity index (χ1v) is 9.20. The normalized spacial score (nSPS) is 19.0. The van der Waals surface area contributed by atoms with Crippen LogP contribution in [-0.4, -0.2) is 17.9 Å². The highest BCUT2D eigenvalue weighted by atomic mass is 16.5. The number of hydrogen-bond acceptors (Lipinski definition) is 3. The molecule has 136 valence electrons. The van der Waals surface area contributed by atoms with Crippen molar-refractivity contribution in [2.24, 2.45) is 0 Å². The Morgan fingerprint density at radius 2 is 1.88 bits per heavy atom. The number of carbonyl (C=O) groups is 2. The van der Waals surface area contributed by atoms with Crippen LogP contribution in [0.25, 0.3) is 0 Å². The zero-order chi connectivity index (χ0) is 18.7. The summed E-state index contributed by atoms with van der Waals surface area (Å²) in [5, 5.41) is 0. The van der Waals surface area contributed by atoms with E-state index in [1.807, 2.05) is 74.2 Å². The molecule has 2 atom stereocenters. The van der Waals surface area contributed by atoms with Crippen molar-refractivity contribution in [2.75, 3.05) is 4.90 Å². The van der Waals surface area contributed by atoms with Gasteiger partial charge in [0.1, 0.15) is 6.10 Å². The molecule has 4 nitrogen and oxygen atoms in total.